The lowest BCUT2D eigenvalue weighted by Crippen LogP contribution is -1.96. The molecule has 0 spiro atoms. The van der Waals surface area contributed by atoms with Gasteiger partial charge < -0.3 is 15.1 Å². The summed E-state index contributed by atoms with van der Waals surface area (Å²) in [6.45, 7) is 14.9. The highest BCUT2D eigenvalue weighted by Crippen LogP contribution is 2.37. The monoisotopic (exact) mass is 508 g/mol. The van der Waals surface area contributed by atoms with E-state index in [-0.39, 0.29) is 6.42 Å². The first-order chi connectivity index (χ1) is 18.1. The standard InChI is InChI=1S/C32H36N4O2/c1-8-21-18(5)27-15-30-22(9-2)17(4)26(34-30)14-28-19(6)23(10-11-31(37)38)32(36-28)20(7)25-12-16(3)24(33-25)13-29(21)35-27/h12-15,33-34H,8-11H2,1-7H3,(H,37,38). The van der Waals surface area contributed by atoms with Crippen molar-refractivity contribution in [1.82, 2.24) is 19.9 Å². The minimum atomic E-state index is -0.804. The van der Waals surface area contributed by atoms with Crippen LogP contribution < -0.4 is 0 Å². The number of nitrogens with one attached hydrogen (secondary N) is 2. The Morgan fingerprint density at radius 2 is 1.34 bits per heavy atom. The molecule has 3 N–H and O–H groups in total. The fraction of sp³-hybridized carbons (Fsp3) is 0.344. The molecule has 0 atom stereocenters. The molecule has 6 heteroatoms. The second kappa shape index (κ2) is 9.75. The molecular formula is C32H36N4O2. The second-order valence-electron chi connectivity index (χ2n) is 10.4. The first-order valence-corrected chi connectivity index (χ1v) is 13.5. The Morgan fingerprint density at radius 3 is 2.03 bits per heavy atom. The Kier molecular flexibility index (Phi) is 6.59. The number of carboxylic acids is 1. The van der Waals surface area contributed by atoms with Crippen LogP contribution in [0.5, 0.6) is 0 Å². The molecule has 2 aliphatic rings. The van der Waals surface area contributed by atoms with Crippen molar-refractivity contribution in [1.29, 1.82) is 0 Å². The summed E-state index contributed by atoms with van der Waals surface area (Å²) in [6.07, 6.45) is 2.32. The number of carbonyl (C=O) groups is 1. The Hall–Kier alpha value is -3.93. The maximum absolute atomic E-state index is 11.5. The van der Waals surface area contributed by atoms with Gasteiger partial charge in [-0.25, -0.2) is 9.97 Å². The lowest BCUT2D eigenvalue weighted by Gasteiger charge is -2.05. The maximum atomic E-state index is 11.5. The van der Waals surface area contributed by atoms with Gasteiger partial charge in [-0.2, -0.15) is 0 Å². The Balaban J connectivity index is 1.94. The van der Waals surface area contributed by atoms with Gasteiger partial charge in [-0.3, -0.25) is 4.79 Å². The normalized spacial score (nSPS) is 13.6. The van der Waals surface area contributed by atoms with Crippen molar-refractivity contribution in [3.8, 4) is 0 Å². The molecule has 0 saturated heterocycles. The van der Waals surface area contributed by atoms with Crippen molar-refractivity contribution in [3.63, 3.8) is 0 Å². The average Bonchev–Trinajstić information content (AvgIpc) is 3.57. The molecule has 5 rings (SSSR count). The van der Waals surface area contributed by atoms with E-state index in [4.69, 9.17) is 9.97 Å². The summed E-state index contributed by atoms with van der Waals surface area (Å²) in [7, 11) is 0. The SMILES string of the molecule is CCC1=C(C)c2cc3[nH]c(cc4nc(c(C)c5cc(C)c(cc1n2)[nH]5)C(CCC(=O)O)=C4C)c(C)c3CC. The first-order valence-electron chi connectivity index (χ1n) is 13.5. The lowest BCUT2D eigenvalue weighted by molar-refractivity contribution is -0.136. The fourth-order valence-electron chi connectivity index (χ4n) is 5.79. The molecular weight excluding hydrogens is 472 g/mol. The van der Waals surface area contributed by atoms with Crippen LogP contribution in [0.2, 0.25) is 0 Å². The quantitative estimate of drug-likeness (QED) is 0.326. The first kappa shape index (κ1) is 25.7. The van der Waals surface area contributed by atoms with Gasteiger partial charge in [0.2, 0.25) is 0 Å². The average molecular weight is 509 g/mol. The van der Waals surface area contributed by atoms with Gasteiger partial charge in [0.15, 0.2) is 0 Å². The molecule has 0 unspecified atom stereocenters. The highest BCUT2D eigenvalue weighted by atomic mass is 16.4. The minimum Gasteiger partial charge on any atom is -0.481 e. The van der Waals surface area contributed by atoms with Crippen molar-refractivity contribution in [2.24, 2.45) is 0 Å². The molecule has 0 saturated carbocycles. The Labute approximate surface area is 223 Å². The molecule has 0 radical (unpaired) electrons. The van der Waals surface area contributed by atoms with E-state index in [1.165, 1.54) is 22.3 Å². The zero-order valence-corrected chi connectivity index (χ0v) is 23.4. The van der Waals surface area contributed by atoms with E-state index in [0.717, 1.165) is 80.0 Å². The third-order valence-corrected chi connectivity index (χ3v) is 8.15. The number of allylic oxidation sites excluding steroid dienone is 4. The van der Waals surface area contributed by atoms with E-state index in [2.05, 4.69) is 82.7 Å². The van der Waals surface area contributed by atoms with E-state index >= 15 is 0 Å². The highest BCUT2D eigenvalue weighted by molar-refractivity contribution is 5.96. The van der Waals surface area contributed by atoms with Gasteiger partial charge in [0.05, 0.1) is 22.8 Å². The number of nitrogens with zero attached hydrogens (tertiary/aromatic N) is 2. The predicted octanol–water partition coefficient (Wildman–Crippen LogP) is 7.94. The predicted molar refractivity (Wildman–Crippen MR) is 157 cm³/mol. The van der Waals surface area contributed by atoms with Gasteiger partial charge in [-0.15, -0.1) is 0 Å². The van der Waals surface area contributed by atoms with Gasteiger partial charge in [0.25, 0.3) is 0 Å². The third kappa shape index (κ3) is 4.28. The van der Waals surface area contributed by atoms with Gasteiger partial charge in [-0.1, -0.05) is 13.8 Å². The molecule has 6 nitrogen and oxygen atoms in total. The zero-order valence-electron chi connectivity index (χ0n) is 23.4. The van der Waals surface area contributed by atoms with Crippen LogP contribution in [-0.4, -0.2) is 31.0 Å². The van der Waals surface area contributed by atoms with Gasteiger partial charge in [-0.05, 0) is 123 Å². The number of rotatable bonds is 5. The largest absolute Gasteiger partial charge is 0.481 e. The van der Waals surface area contributed by atoms with Crippen molar-refractivity contribution >= 4 is 50.3 Å². The van der Waals surface area contributed by atoms with Crippen molar-refractivity contribution in [2.75, 3.05) is 0 Å². The summed E-state index contributed by atoms with van der Waals surface area (Å²) in [4.78, 5) is 28.9. The van der Waals surface area contributed by atoms with E-state index < -0.39 is 5.97 Å². The number of carboxylic acid groups (broad SMARTS) is 1. The zero-order chi connectivity index (χ0) is 27.3. The minimum absolute atomic E-state index is 0.0690. The molecule has 196 valence electrons. The third-order valence-electron chi connectivity index (χ3n) is 8.15. The molecule has 0 aliphatic carbocycles. The number of hydrogen-bond acceptors (Lipinski definition) is 3. The summed E-state index contributed by atoms with van der Waals surface area (Å²) in [5.74, 6) is -0.804. The molecule has 38 heavy (non-hydrogen) atoms. The molecule has 8 bridgehead atoms. The number of H-pyrrole nitrogens is 2. The van der Waals surface area contributed by atoms with Crippen LogP contribution in [0, 0.1) is 20.8 Å². The summed E-state index contributed by atoms with van der Waals surface area (Å²) in [5, 5.41) is 9.42. The molecule has 2 aliphatic heterocycles. The van der Waals surface area contributed by atoms with Gasteiger partial charge in [0, 0.05) is 28.5 Å². The smallest absolute Gasteiger partial charge is 0.303 e. The van der Waals surface area contributed by atoms with Crippen molar-refractivity contribution < 1.29 is 9.90 Å². The van der Waals surface area contributed by atoms with Crippen molar-refractivity contribution in [3.05, 3.63) is 69.3 Å². The number of aromatic nitrogens is 4. The summed E-state index contributed by atoms with van der Waals surface area (Å²) < 4.78 is 0. The summed E-state index contributed by atoms with van der Waals surface area (Å²) >= 11 is 0. The number of aromatic amines is 2. The molecule has 3 aromatic rings. The van der Waals surface area contributed by atoms with Crippen LogP contribution >= 0.6 is 0 Å². The highest BCUT2D eigenvalue weighted by Gasteiger charge is 2.21. The summed E-state index contributed by atoms with van der Waals surface area (Å²) in [5.41, 5.74) is 17.0. The number of aliphatic carboxylic acids is 1. The van der Waals surface area contributed by atoms with E-state index in [1.54, 1.807) is 0 Å². The Morgan fingerprint density at radius 1 is 0.737 bits per heavy atom. The lowest BCUT2D eigenvalue weighted by atomic mass is 9.99. The number of aryl methyl sites for hydroxylation is 4. The molecule has 0 aromatic carbocycles. The van der Waals surface area contributed by atoms with Gasteiger partial charge >= 0.3 is 5.97 Å². The van der Waals surface area contributed by atoms with E-state index in [9.17, 15) is 9.90 Å². The van der Waals surface area contributed by atoms with Crippen LogP contribution in [0.25, 0.3) is 44.4 Å². The second-order valence-corrected chi connectivity index (χ2v) is 10.4. The topological polar surface area (TPSA) is 94.7 Å². The van der Waals surface area contributed by atoms with Gasteiger partial charge in [0.1, 0.15) is 0 Å². The molecule has 0 amide bonds. The van der Waals surface area contributed by atoms with Crippen LogP contribution in [0.3, 0.4) is 0 Å². The fourth-order valence-corrected chi connectivity index (χ4v) is 5.79. The van der Waals surface area contributed by atoms with Crippen LogP contribution in [0.15, 0.2) is 24.3 Å². The molecule has 5 heterocycles. The molecule has 0 fully saturated rings. The molecule has 3 aromatic heterocycles. The van der Waals surface area contributed by atoms with Crippen molar-refractivity contribution in [2.45, 2.75) is 74.1 Å². The van der Waals surface area contributed by atoms with Crippen LogP contribution in [0.1, 0.15) is 92.0 Å². The van der Waals surface area contributed by atoms with Crippen LogP contribution in [-0.2, 0) is 11.2 Å². The summed E-state index contributed by atoms with van der Waals surface area (Å²) in [6, 6.07) is 8.60. The number of hydrogen-bond donors (Lipinski definition) is 3. The Bertz CT molecular complexity index is 1710. The van der Waals surface area contributed by atoms with E-state index in [0.29, 0.717) is 6.42 Å². The maximum Gasteiger partial charge on any atom is 0.303 e. The number of fused-ring (bicyclic) bond motifs is 8. The van der Waals surface area contributed by atoms with E-state index in [1.807, 2.05) is 0 Å². The van der Waals surface area contributed by atoms with Crippen LogP contribution in [0.4, 0.5) is 0 Å².